The molecule has 8 heteroatoms. The summed E-state index contributed by atoms with van der Waals surface area (Å²) < 4.78 is 1.97. The highest BCUT2D eigenvalue weighted by Crippen LogP contribution is 2.28. The molecule has 2 aromatic heterocycles. The number of nitrogens with zero attached hydrogens (tertiary/aromatic N) is 6. The number of carbonyl (C=O) groups excluding carboxylic acids is 1. The Balaban J connectivity index is 1.51. The van der Waals surface area contributed by atoms with Crippen LogP contribution in [0, 0.1) is 0 Å². The van der Waals surface area contributed by atoms with E-state index < -0.39 is 0 Å². The van der Waals surface area contributed by atoms with Gasteiger partial charge in [-0.15, -0.1) is 0 Å². The van der Waals surface area contributed by atoms with Crippen molar-refractivity contribution in [3.8, 4) is 5.69 Å². The van der Waals surface area contributed by atoms with E-state index in [9.17, 15) is 4.79 Å². The van der Waals surface area contributed by atoms with Crippen LogP contribution in [0.25, 0.3) is 16.9 Å². The van der Waals surface area contributed by atoms with Gasteiger partial charge in [0.05, 0.1) is 0 Å². The topological polar surface area (TPSA) is 79.2 Å². The summed E-state index contributed by atoms with van der Waals surface area (Å²) in [5, 5.41) is 3.44. The van der Waals surface area contributed by atoms with E-state index in [1.165, 1.54) is 6.42 Å². The van der Waals surface area contributed by atoms with Gasteiger partial charge in [-0.2, -0.15) is 9.97 Å². The van der Waals surface area contributed by atoms with Crippen LogP contribution in [0.4, 0.5) is 17.5 Å². The number of aromatic nitrogens is 4. The number of unbranched alkanes of at least 4 members (excludes halogenated alkanes) is 1. The van der Waals surface area contributed by atoms with Gasteiger partial charge in [0.1, 0.15) is 6.33 Å². The highest BCUT2D eigenvalue weighted by Gasteiger charge is 2.19. The van der Waals surface area contributed by atoms with Crippen LogP contribution in [-0.4, -0.2) is 43.4 Å². The third-order valence-electron chi connectivity index (χ3n) is 6.72. The normalized spacial score (nSPS) is 13.9. The molecule has 1 saturated heterocycles. The monoisotopic (exact) mass is 521 g/mol. The summed E-state index contributed by atoms with van der Waals surface area (Å²) in [6, 6.07) is 17.6. The van der Waals surface area contributed by atoms with Gasteiger partial charge in [-0.05, 0) is 69.0 Å². The highest BCUT2D eigenvalue weighted by molar-refractivity contribution is 5.95. The van der Waals surface area contributed by atoms with Crippen molar-refractivity contribution in [2.24, 2.45) is 0 Å². The Morgan fingerprint density at radius 1 is 1.00 bits per heavy atom. The Bertz CT molecular complexity index is 1450. The number of carbonyl (C=O) groups is 1. The number of imidazole rings is 1. The van der Waals surface area contributed by atoms with Crippen LogP contribution < -0.4 is 10.2 Å². The first-order chi connectivity index (χ1) is 19.2. The molecule has 0 atom stereocenters. The number of piperidine rings is 1. The lowest BCUT2D eigenvalue weighted by molar-refractivity contribution is 0.0724. The summed E-state index contributed by atoms with van der Waals surface area (Å²) in [6.45, 7) is 5.79. The minimum atomic E-state index is 0.0930. The lowest BCUT2D eigenvalue weighted by Gasteiger charge is -2.26. The van der Waals surface area contributed by atoms with Crippen LogP contribution in [0.15, 0.2) is 85.5 Å². The van der Waals surface area contributed by atoms with Crippen LogP contribution in [0.1, 0.15) is 56.3 Å². The predicted molar refractivity (Wildman–Crippen MR) is 157 cm³/mol. The van der Waals surface area contributed by atoms with Crippen molar-refractivity contribution in [2.75, 3.05) is 23.3 Å². The Hall–Kier alpha value is -4.46. The Morgan fingerprint density at radius 3 is 2.49 bits per heavy atom. The van der Waals surface area contributed by atoms with E-state index in [0.29, 0.717) is 28.5 Å². The van der Waals surface area contributed by atoms with Crippen molar-refractivity contribution in [3.05, 3.63) is 91.0 Å². The summed E-state index contributed by atoms with van der Waals surface area (Å²) >= 11 is 0. The minimum Gasteiger partial charge on any atom is -0.339 e. The molecule has 0 aliphatic carbocycles. The number of fused-ring (bicyclic) bond motifs is 1. The van der Waals surface area contributed by atoms with E-state index >= 15 is 0 Å². The number of allylic oxidation sites excluding steroid dienone is 2. The molecule has 0 unspecified atom stereocenters. The number of nitrogens with one attached hydrogen (secondary N) is 1. The second-order valence-electron chi connectivity index (χ2n) is 9.61. The van der Waals surface area contributed by atoms with E-state index in [1.807, 2.05) is 94.4 Å². The summed E-state index contributed by atoms with van der Waals surface area (Å²) in [7, 11) is 0. The van der Waals surface area contributed by atoms with Gasteiger partial charge in [-0.3, -0.25) is 14.3 Å². The van der Waals surface area contributed by atoms with Gasteiger partial charge in [-0.1, -0.05) is 43.7 Å². The quantitative estimate of drug-likeness (QED) is 0.260. The second-order valence-corrected chi connectivity index (χ2v) is 9.61. The maximum absolute atomic E-state index is 12.9. The van der Waals surface area contributed by atoms with Gasteiger partial charge in [0.25, 0.3) is 5.91 Å². The van der Waals surface area contributed by atoms with E-state index in [2.05, 4.69) is 23.3 Å². The van der Waals surface area contributed by atoms with Gasteiger partial charge in [0, 0.05) is 42.4 Å². The Kier molecular flexibility index (Phi) is 8.31. The van der Waals surface area contributed by atoms with Gasteiger partial charge in [0.2, 0.25) is 5.95 Å². The molecule has 0 saturated carbocycles. The van der Waals surface area contributed by atoms with Crippen LogP contribution in [0.3, 0.4) is 0 Å². The molecule has 5 rings (SSSR count). The molecule has 3 heterocycles. The predicted octanol–water partition coefficient (Wildman–Crippen LogP) is 6.84. The lowest BCUT2D eigenvalue weighted by Crippen LogP contribution is -2.35. The molecule has 0 bridgehead atoms. The number of benzene rings is 2. The number of hydrogen-bond acceptors (Lipinski definition) is 6. The zero-order valence-electron chi connectivity index (χ0n) is 22.6. The molecular weight excluding hydrogens is 486 g/mol. The molecule has 1 amide bonds. The molecule has 39 heavy (non-hydrogen) atoms. The van der Waals surface area contributed by atoms with Crippen molar-refractivity contribution >= 4 is 34.5 Å². The Labute approximate surface area is 229 Å². The second kappa shape index (κ2) is 12.4. The van der Waals surface area contributed by atoms with Crippen LogP contribution in [0.5, 0.6) is 0 Å². The maximum atomic E-state index is 12.9. The van der Waals surface area contributed by atoms with Gasteiger partial charge >= 0.3 is 0 Å². The molecule has 4 aromatic rings. The molecular formula is C31H35N7O. The van der Waals surface area contributed by atoms with E-state index in [0.717, 1.165) is 50.1 Å². The van der Waals surface area contributed by atoms with Crippen molar-refractivity contribution in [3.63, 3.8) is 0 Å². The number of rotatable bonds is 9. The molecule has 8 nitrogen and oxygen atoms in total. The highest BCUT2D eigenvalue weighted by atomic mass is 16.2. The molecule has 1 fully saturated rings. The smallest absolute Gasteiger partial charge is 0.253 e. The fourth-order valence-electron chi connectivity index (χ4n) is 4.68. The fraction of sp³-hybridized carbons (Fsp3) is 0.290. The number of anilines is 3. The molecule has 200 valence electrons. The standard InChI is InChI=1S/C31H35N7O/c1-3-5-10-22-37(19-4-2)31-34-28(27-29(35-31)38(23-32-27)26-13-8-6-9-14-26)33-25-17-15-24(16-18-25)30(39)36-20-11-7-12-21-36/h4,6,8-10,13-19,22-23H,3,5,7,11-12,20-21H2,1-2H3,(H,33,34,35)/b19-4-,22-10+. The molecule has 0 radical (unpaired) electrons. The van der Waals surface area contributed by atoms with Crippen molar-refractivity contribution in [2.45, 2.75) is 46.0 Å². The van der Waals surface area contributed by atoms with E-state index in [1.54, 1.807) is 6.33 Å². The zero-order valence-corrected chi connectivity index (χ0v) is 22.6. The van der Waals surface area contributed by atoms with Crippen LogP contribution in [0.2, 0.25) is 0 Å². The van der Waals surface area contributed by atoms with Crippen LogP contribution in [-0.2, 0) is 0 Å². The molecule has 0 spiro atoms. The summed E-state index contributed by atoms with van der Waals surface area (Å²) in [4.78, 5) is 31.3. The lowest BCUT2D eigenvalue weighted by atomic mass is 10.1. The van der Waals surface area contributed by atoms with Crippen LogP contribution >= 0.6 is 0 Å². The summed E-state index contributed by atoms with van der Waals surface area (Å²) in [5.41, 5.74) is 3.85. The van der Waals surface area contributed by atoms with Gasteiger partial charge in [-0.25, -0.2) is 4.98 Å². The first-order valence-electron chi connectivity index (χ1n) is 13.7. The first-order valence-corrected chi connectivity index (χ1v) is 13.7. The molecule has 1 N–H and O–H groups in total. The summed E-state index contributed by atoms with van der Waals surface area (Å²) in [6.07, 6.45) is 15.2. The molecule has 2 aromatic carbocycles. The number of amides is 1. The first kappa shape index (κ1) is 26.2. The van der Waals surface area contributed by atoms with Crippen molar-refractivity contribution in [1.82, 2.24) is 24.4 Å². The zero-order chi connectivity index (χ0) is 27.0. The van der Waals surface area contributed by atoms with E-state index in [4.69, 9.17) is 9.97 Å². The number of hydrogen-bond donors (Lipinski definition) is 1. The van der Waals surface area contributed by atoms with E-state index in [-0.39, 0.29) is 5.91 Å². The SMILES string of the molecule is C/C=C\N(/C=C/CCC)c1nc(Nc2ccc(C(=O)N3CCCCC3)cc2)c2ncn(-c3ccccc3)c2n1. The third-order valence-corrected chi connectivity index (χ3v) is 6.72. The van der Waals surface area contributed by atoms with Crippen molar-refractivity contribution < 1.29 is 4.79 Å². The molecule has 1 aliphatic heterocycles. The van der Waals surface area contributed by atoms with Gasteiger partial charge in [0.15, 0.2) is 17.0 Å². The third kappa shape index (κ3) is 6.00. The van der Waals surface area contributed by atoms with Gasteiger partial charge < -0.3 is 10.2 Å². The maximum Gasteiger partial charge on any atom is 0.253 e. The van der Waals surface area contributed by atoms with Crippen molar-refractivity contribution in [1.29, 1.82) is 0 Å². The average Bonchev–Trinajstić information content (AvgIpc) is 3.42. The average molecular weight is 522 g/mol. The summed E-state index contributed by atoms with van der Waals surface area (Å²) in [5.74, 6) is 1.22. The fourth-order valence-corrected chi connectivity index (χ4v) is 4.68. The molecule has 1 aliphatic rings. The largest absolute Gasteiger partial charge is 0.339 e. The number of para-hydroxylation sites is 1. The Morgan fingerprint density at radius 2 is 1.77 bits per heavy atom. The number of likely N-dealkylation sites (tertiary alicyclic amines) is 1. The minimum absolute atomic E-state index is 0.0930.